The van der Waals surface area contributed by atoms with Crippen LogP contribution in [-0.2, 0) is 11.3 Å². The van der Waals surface area contributed by atoms with E-state index >= 15 is 0 Å². The highest BCUT2D eigenvalue weighted by atomic mass is 35.5. The summed E-state index contributed by atoms with van der Waals surface area (Å²) in [6.07, 6.45) is 0. The van der Waals surface area contributed by atoms with Crippen LogP contribution < -0.4 is 11.5 Å². The topological polar surface area (TPSA) is 90.2 Å². The second-order valence-corrected chi connectivity index (χ2v) is 7.71. The molecule has 2 heterocycles. The third kappa shape index (κ3) is 4.11. The summed E-state index contributed by atoms with van der Waals surface area (Å²) < 4.78 is 27.5. The molecule has 31 heavy (non-hydrogen) atoms. The molecule has 4 N–H and O–H groups in total. The van der Waals surface area contributed by atoms with Gasteiger partial charge in [0.05, 0.1) is 29.4 Å². The molecule has 3 aromatic rings. The molecular weight excluding hydrogens is 424 g/mol. The lowest BCUT2D eigenvalue weighted by atomic mass is 10.0. The Morgan fingerprint density at radius 1 is 1.06 bits per heavy atom. The predicted octanol–water partition coefficient (Wildman–Crippen LogP) is 3.63. The monoisotopic (exact) mass is 443 g/mol. The molecule has 0 bridgehead atoms. The van der Waals surface area contributed by atoms with Gasteiger partial charge in [-0.3, -0.25) is 4.79 Å². The van der Waals surface area contributed by atoms with Gasteiger partial charge in [-0.05, 0) is 5.56 Å². The van der Waals surface area contributed by atoms with Crippen molar-refractivity contribution in [3.8, 4) is 11.3 Å². The first kappa shape index (κ1) is 20.9. The van der Waals surface area contributed by atoms with Crippen molar-refractivity contribution in [2.24, 2.45) is 5.73 Å². The highest BCUT2D eigenvalue weighted by molar-refractivity contribution is 6.53. The first-order valence-corrected chi connectivity index (χ1v) is 9.93. The van der Waals surface area contributed by atoms with Crippen LogP contribution in [0.1, 0.15) is 11.1 Å². The molecule has 1 aliphatic heterocycles. The molecule has 1 aromatic heterocycles. The average molecular weight is 444 g/mol. The van der Waals surface area contributed by atoms with Gasteiger partial charge in [0.15, 0.2) is 0 Å². The van der Waals surface area contributed by atoms with Crippen molar-refractivity contribution in [2.75, 3.05) is 18.8 Å². The first-order valence-electron chi connectivity index (χ1n) is 9.55. The smallest absolute Gasteiger partial charge is 0.282 e. The van der Waals surface area contributed by atoms with Gasteiger partial charge >= 0.3 is 0 Å². The summed E-state index contributed by atoms with van der Waals surface area (Å²) in [5.74, 6) is -3.22. The van der Waals surface area contributed by atoms with Gasteiger partial charge in [0.2, 0.25) is 5.91 Å². The number of hydrogen-bond donors (Lipinski definition) is 2. The van der Waals surface area contributed by atoms with Crippen molar-refractivity contribution in [1.29, 1.82) is 0 Å². The summed E-state index contributed by atoms with van der Waals surface area (Å²) in [6, 6.07) is 18.3. The van der Waals surface area contributed by atoms with E-state index in [1.54, 1.807) is 0 Å². The fraction of sp³-hybridized carbons (Fsp3) is 0.182. The fourth-order valence-electron chi connectivity index (χ4n) is 3.41. The summed E-state index contributed by atoms with van der Waals surface area (Å²) >= 11 is 6.67. The van der Waals surface area contributed by atoms with Gasteiger partial charge in [0.25, 0.3) is 5.92 Å². The largest absolute Gasteiger partial charge is 0.397 e. The van der Waals surface area contributed by atoms with E-state index in [1.807, 2.05) is 60.7 Å². The van der Waals surface area contributed by atoms with Crippen molar-refractivity contribution >= 4 is 34.1 Å². The number of halogens is 3. The van der Waals surface area contributed by atoms with Crippen LogP contribution in [0.5, 0.6) is 0 Å². The molecule has 1 amide bonds. The minimum Gasteiger partial charge on any atom is -0.397 e. The predicted molar refractivity (Wildman–Crippen MR) is 117 cm³/mol. The van der Waals surface area contributed by atoms with Crippen LogP contribution in [0.3, 0.4) is 0 Å². The highest BCUT2D eigenvalue weighted by Gasteiger charge is 2.46. The number of nitrogen functional groups attached to an aromatic ring is 1. The van der Waals surface area contributed by atoms with E-state index in [0.717, 1.165) is 10.5 Å². The van der Waals surface area contributed by atoms with E-state index in [-0.39, 0.29) is 17.4 Å². The molecular formula is C22H20ClF2N5O. The third-order valence-electron chi connectivity index (χ3n) is 5.06. The Morgan fingerprint density at radius 2 is 1.65 bits per heavy atom. The molecule has 0 atom stereocenters. The summed E-state index contributed by atoms with van der Waals surface area (Å²) in [5.41, 5.74) is 15.2. The number of amides is 1. The summed E-state index contributed by atoms with van der Waals surface area (Å²) in [7, 11) is 0. The maximum Gasteiger partial charge on any atom is 0.282 e. The number of alkyl halides is 2. The molecule has 0 aliphatic carbocycles. The Hall–Kier alpha value is -3.39. The number of rotatable bonds is 5. The summed E-state index contributed by atoms with van der Waals surface area (Å²) in [5, 5.41) is 4.67. The molecule has 2 aromatic carbocycles. The van der Waals surface area contributed by atoms with Crippen molar-refractivity contribution in [3.05, 3.63) is 71.8 Å². The molecule has 9 heteroatoms. The Kier molecular flexibility index (Phi) is 5.41. The van der Waals surface area contributed by atoms with E-state index in [4.69, 9.17) is 23.1 Å². The Bertz CT molecular complexity index is 1140. The normalized spacial score (nSPS) is 15.9. The Labute approximate surface area is 182 Å². The SMILES string of the molecule is N/C(=C(/Cl)c1c(-c2ccccc2)nn(CC(=O)N2CC(F)(F)C2)c1N)c1ccccc1. The van der Waals surface area contributed by atoms with Crippen LogP contribution in [0.2, 0.25) is 0 Å². The molecule has 1 saturated heterocycles. The Balaban J connectivity index is 1.76. The molecule has 1 fully saturated rings. The lowest BCUT2D eigenvalue weighted by Crippen LogP contribution is -2.59. The van der Waals surface area contributed by atoms with Crippen LogP contribution in [-0.4, -0.2) is 39.6 Å². The number of aromatic nitrogens is 2. The molecule has 0 radical (unpaired) electrons. The van der Waals surface area contributed by atoms with E-state index in [2.05, 4.69) is 5.10 Å². The molecule has 160 valence electrons. The quantitative estimate of drug-likeness (QED) is 0.630. The van der Waals surface area contributed by atoms with Gasteiger partial charge in [-0.1, -0.05) is 72.3 Å². The van der Waals surface area contributed by atoms with Gasteiger partial charge in [0.1, 0.15) is 18.1 Å². The second kappa shape index (κ2) is 8.03. The number of hydrogen-bond acceptors (Lipinski definition) is 4. The van der Waals surface area contributed by atoms with Crippen LogP contribution in [0.15, 0.2) is 60.7 Å². The number of nitrogens with zero attached hydrogens (tertiary/aromatic N) is 3. The van der Waals surface area contributed by atoms with Gasteiger partial charge < -0.3 is 16.4 Å². The van der Waals surface area contributed by atoms with Crippen LogP contribution in [0.25, 0.3) is 22.0 Å². The lowest BCUT2D eigenvalue weighted by molar-refractivity contribution is -0.166. The number of likely N-dealkylation sites (tertiary alicyclic amines) is 1. The van der Waals surface area contributed by atoms with Crippen LogP contribution in [0.4, 0.5) is 14.6 Å². The Morgan fingerprint density at radius 3 is 2.23 bits per heavy atom. The first-order chi connectivity index (χ1) is 14.8. The molecule has 4 rings (SSSR count). The van der Waals surface area contributed by atoms with E-state index in [0.29, 0.717) is 22.5 Å². The number of anilines is 1. The molecule has 0 saturated carbocycles. The number of nitrogens with two attached hydrogens (primary N) is 2. The highest BCUT2D eigenvalue weighted by Crippen LogP contribution is 2.38. The lowest BCUT2D eigenvalue weighted by Gasteiger charge is -2.38. The van der Waals surface area contributed by atoms with Crippen molar-refractivity contribution < 1.29 is 13.6 Å². The zero-order valence-electron chi connectivity index (χ0n) is 16.4. The molecule has 0 unspecified atom stereocenters. The van der Waals surface area contributed by atoms with Gasteiger partial charge in [0, 0.05) is 5.56 Å². The molecule has 1 aliphatic rings. The van der Waals surface area contributed by atoms with Crippen molar-refractivity contribution in [1.82, 2.24) is 14.7 Å². The minimum absolute atomic E-state index is 0.128. The zero-order valence-corrected chi connectivity index (χ0v) is 17.2. The number of carbonyl (C=O) groups excluding carboxylic acids is 1. The standard InChI is InChI=1S/C22H20ClF2N5O/c23-18(19(26)14-7-3-1-4-8-14)17-20(15-9-5-2-6-10-15)28-30(21(17)27)11-16(31)29-12-22(24,25)13-29/h1-10H,11-13,26-27H2/b19-18+. The third-order valence-corrected chi connectivity index (χ3v) is 5.45. The fourth-order valence-corrected chi connectivity index (χ4v) is 3.70. The molecule has 0 spiro atoms. The maximum absolute atomic E-state index is 13.1. The number of carbonyl (C=O) groups is 1. The molecule has 6 nitrogen and oxygen atoms in total. The minimum atomic E-state index is -2.85. The van der Waals surface area contributed by atoms with Crippen molar-refractivity contribution in [3.63, 3.8) is 0 Å². The van der Waals surface area contributed by atoms with E-state index in [1.165, 1.54) is 4.68 Å². The van der Waals surface area contributed by atoms with Gasteiger partial charge in [-0.15, -0.1) is 0 Å². The van der Waals surface area contributed by atoms with Crippen LogP contribution >= 0.6 is 11.6 Å². The van der Waals surface area contributed by atoms with E-state index < -0.39 is 24.9 Å². The van der Waals surface area contributed by atoms with E-state index in [9.17, 15) is 13.6 Å². The van der Waals surface area contributed by atoms with Gasteiger partial charge in [-0.25, -0.2) is 13.5 Å². The summed E-state index contributed by atoms with van der Waals surface area (Å²) in [6.45, 7) is -1.49. The second-order valence-electron chi connectivity index (χ2n) is 7.33. The van der Waals surface area contributed by atoms with Crippen LogP contribution in [0, 0.1) is 0 Å². The number of benzene rings is 2. The average Bonchev–Trinajstić information content (AvgIpc) is 3.08. The maximum atomic E-state index is 13.1. The van der Waals surface area contributed by atoms with Gasteiger partial charge in [-0.2, -0.15) is 5.10 Å². The zero-order chi connectivity index (χ0) is 22.2. The van der Waals surface area contributed by atoms with Crippen molar-refractivity contribution in [2.45, 2.75) is 12.5 Å². The summed E-state index contributed by atoms with van der Waals surface area (Å²) in [4.78, 5) is 13.5.